The number of amides is 1. The smallest absolute Gasteiger partial charge is 0.278 e. The van der Waals surface area contributed by atoms with E-state index in [9.17, 15) is 4.79 Å². The zero-order valence-electron chi connectivity index (χ0n) is 16.1. The van der Waals surface area contributed by atoms with E-state index in [-0.39, 0.29) is 18.2 Å². The maximum absolute atomic E-state index is 12.8. The van der Waals surface area contributed by atoms with E-state index in [2.05, 4.69) is 17.4 Å². The second-order valence-electron chi connectivity index (χ2n) is 6.57. The molecule has 140 valence electrons. The molecule has 1 N–H and O–H groups in total. The minimum absolute atomic E-state index is 0.219. The molecule has 0 unspecified atom stereocenters. The Balaban J connectivity index is 1.76. The Hall–Kier alpha value is -3.08. The Bertz CT molecular complexity index is 922. The second-order valence-corrected chi connectivity index (χ2v) is 6.57. The summed E-state index contributed by atoms with van der Waals surface area (Å²) in [6.07, 6.45) is 0.980. The summed E-state index contributed by atoms with van der Waals surface area (Å²) in [5.74, 6) is 1.02. The number of ether oxygens (including phenoxy) is 1. The van der Waals surface area contributed by atoms with Gasteiger partial charge >= 0.3 is 0 Å². The largest absolute Gasteiger partial charge is 0.489 e. The Morgan fingerprint density at radius 3 is 2.37 bits per heavy atom. The molecule has 0 fully saturated rings. The number of rotatable bonds is 6. The van der Waals surface area contributed by atoms with Gasteiger partial charge in [0.2, 0.25) is 0 Å². The first-order valence-corrected chi connectivity index (χ1v) is 9.04. The molecule has 5 nitrogen and oxygen atoms in total. The summed E-state index contributed by atoms with van der Waals surface area (Å²) < 4.78 is 11.1. The molecule has 3 rings (SSSR count). The number of carbonyl (C=O) groups is 1. The minimum Gasteiger partial charge on any atom is -0.489 e. The average molecular weight is 364 g/mol. The lowest BCUT2D eigenvalue weighted by atomic mass is 10.1. The van der Waals surface area contributed by atoms with Crippen LogP contribution in [0.3, 0.4) is 0 Å². The van der Waals surface area contributed by atoms with Crippen LogP contribution >= 0.6 is 0 Å². The fraction of sp³-hybridized carbons (Fsp3) is 0.273. The summed E-state index contributed by atoms with van der Waals surface area (Å²) in [6.45, 7) is 8.02. The molecule has 0 bridgehead atoms. The van der Waals surface area contributed by atoms with E-state index in [0.717, 1.165) is 29.0 Å². The molecule has 3 aromatic rings. The third-order valence-corrected chi connectivity index (χ3v) is 4.63. The summed E-state index contributed by atoms with van der Waals surface area (Å²) in [6, 6.07) is 13.8. The van der Waals surface area contributed by atoms with Crippen LogP contribution in [0.2, 0.25) is 0 Å². The van der Waals surface area contributed by atoms with Crippen LogP contribution in [0.15, 0.2) is 47.0 Å². The van der Waals surface area contributed by atoms with Crippen molar-refractivity contribution in [3.8, 4) is 5.75 Å². The van der Waals surface area contributed by atoms with E-state index >= 15 is 0 Å². The zero-order chi connectivity index (χ0) is 19.4. The summed E-state index contributed by atoms with van der Waals surface area (Å²) in [7, 11) is 0. The Labute approximate surface area is 159 Å². The molecule has 0 aliphatic carbocycles. The predicted octanol–water partition coefficient (Wildman–Crippen LogP) is 4.99. The van der Waals surface area contributed by atoms with Gasteiger partial charge in [-0.2, -0.15) is 0 Å². The minimum atomic E-state index is -0.302. The Kier molecular flexibility index (Phi) is 5.60. The molecule has 0 aliphatic heterocycles. The lowest BCUT2D eigenvalue weighted by Crippen LogP contribution is -2.16. The van der Waals surface area contributed by atoms with Crippen LogP contribution in [0.5, 0.6) is 5.75 Å². The van der Waals surface area contributed by atoms with Crippen LogP contribution in [-0.4, -0.2) is 11.1 Å². The summed E-state index contributed by atoms with van der Waals surface area (Å²) in [5.41, 5.74) is 4.94. The number of aromatic nitrogens is 1. The number of carbonyl (C=O) groups excluding carboxylic acids is 1. The first-order chi connectivity index (χ1) is 13.0. The average Bonchev–Trinajstić information content (AvgIpc) is 3.04. The molecular weight excluding hydrogens is 340 g/mol. The van der Waals surface area contributed by atoms with Crippen molar-refractivity contribution in [2.75, 3.05) is 5.32 Å². The molecule has 0 saturated carbocycles. The molecule has 0 atom stereocenters. The van der Waals surface area contributed by atoms with Gasteiger partial charge in [-0.05, 0) is 56.0 Å². The topological polar surface area (TPSA) is 64.4 Å². The van der Waals surface area contributed by atoms with Gasteiger partial charge < -0.3 is 14.6 Å². The van der Waals surface area contributed by atoms with Crippen LogP contribution in [0.1, 0.15) is 45.4 Å². The summed E-state index contributed by atoms with van der Waals surface area (Å²) in [4.78, 5) is 12.8. The van der Waals surface area contributed by atoms with Crippen molar-refractivity contribution in [1.82, 2.24) is 5.16 Å². The van der Waals surface area contributed by atoms with Gasteiger partial charge in [0.25, 0.3) is 5.91 Å². The van der Waals surface area contributed by atoms with Gasteiger partial charge in [0, 0.05) is 5.69 Å². The summed E-state index contributed by atoms with van der Waals surface area (Å²) >= 11 is 0. The van der Waals surface area contributed by atoms with Crippen molar-refractivity contribution in [3.63, 3.8) is 0 Å². The first kappa shape index (κ1) is 18.7. The second kappa shape index (κ2) is 8.08. The molecule has 0 radical (unpaired) electrons. The SMILES string of the molecule is CCc1ccc(OCc2c(C(=O)Nc3c(C)cccc3C)noc2C)cc1. The van der Waals surface area contributed by atoms with Gasteiger partial charge in [0.15, 0.2) is 5.69 Å². The monoisotopic (exact) mass is 364 g/mol. The van der Waals surface area contributed by atoms with Gasteiger partial charge in [0.1, 0.15) is 18.1 Å². The quantitative estimate of drug-likeness (QED) is 0.669. The fourth-order valence-electron chi connectivity index (χ4n) is 2.90. The third kappa shape index (κ3) is 4.19. The van der Waals surface area contributed by atoms with E-state index in [1.807, 2.05) is 56.3 Å². The number of aryl methyl sites for hydroxylation is 4. The Morgan fingerprint density at radius 2 is 1.74 bits per heavy atom. The van der Waals surface area contributed by atoms with Gasteiger partial charge in [0.05, 0.1) is 5.56 Å². The predicted molar refractivity (Wildman–Crippen MR) is 105 cm³/mol. The molecule has 1 heterocycles. The van der Waals surface area contributed by atoms with E-state index < -0.39 is 0 Å². The number of nitrogens with zero attached hydrogens (tertiary/aromatic N) is 1. The molecule has 1 aromatic heterocycles. The van der Waals surface area contributed by atoms with Crippen LogP contribution < -0.4 is 10.1 Å². The van der Waals surface area contributed by atoms with Crippen molar-refractivity contribution in [2.45, 2.75) is 40.7 Å². The lowest BCUT2D eigenvalue weighted by molar-refractivity contribution is 0.101. The number of benzene rings is 2. The molecule has 27 heavy (non-hydrogen) atoms. The lowest BCUT2D eigenvalue weighted by Gasteiger charge is -2.11. The van der Waals surface area contributed by atoms with Crippen LogP contribution in [0.25, 0.3) is 0 Å². The molecule has 5 heteroatoms. The van der Waals surface area contributed by atoms with Crippen molar-refractivity contribution < 1.29 is 14.1 Å². The normalized spacial score (nSPS) is 10.7. The number of nitrogens with one attached hydrogen (secondary N) is 1. The zero-order valence-corrected chi connectivity index (χ0v) is 16.1. The number of anilines is 1. The molecular formula is C22H24N2O3. The summed E-state index contributed by atoms with van der Waals surface area (Å²) in [5, 5.41) is 6.89. The van der Waals surface area contributed by atoms with Crippen molar-refractivity contribution in [2.24, 2.45) is 0 Å². The molecule has 2 aromatic carbocycles. The number of para-hydroxylation sites is 1. The molecule has 0 saturated heterocycles. The van der Waals surface area contributed by atoms with Gasteiger partial charge in [-0.15, -0.1) is 0 Å². The van der Waals surface area contributed by atoms with Crippen molar-refractivity contribution in [1.29, 1.82) is 0 Å². The maximum atomic E-state index is 12.8. The molecule has 0 aliphatic rings. The fourth-order valence-corrected chi connectivity index (χ4v) is 2.90. The van der Waals surface area contributed by atoms with E-state index in [1.165, 1.54) is 5.56 Å². The van der Waals surface area contributed by atoms with Crippen LogP contribution in [-0.2, 0) is 13.0 Å². The van der Waals surface area contributed by atoms with E-state index in [4.69, 9.17) is 9.26 Å². The van der Waals surface area contributed by atoms with Crippen molar-refractivity contribution in [3.05, 3.63) is 76.2 Å². The van der Waals surface area contributed by atoms with E-state index in [1.54, 1.807) is 6.92 Å². The highest BCUT2D eigenvalue weighted by molar-refractivity contribution is 6.04. The highest BCUT2D eigenvalue weighted by atomic mass is 16.5. The standard InChI is InChI=1S/C22H24N2O3/c1-5-17-9-11-18(12-10-17)26-13-19-16(4)27-24-21(19)22(25)23-20-14(2)7-6-8-15(20)3/h6-12H,5,13H2,1-4H3,(H,23,25). The maximum Gasteiger partial charge on any atom is 0.278 e. The number of hydrogen-bond donors (Lipinski definition) is 1. The van der Waals surface area contributed by atoms with Gasteiger partial charge in [-0.1, -0.05) is 42.4 Å². The third-order valence-electron chi connectivity index (χ3n) is 4.63. The Morgan fingerprint density at radius 1 is 1.07 bits per heavy atom. The van der Waals surface area contributed by atoms with Gasteiger partial charge in [-0.25, -0.2) is 0 Å². The van der Waals surface area contributed by atoms with Crippen LogP contribution in [0.4, 0.5) is 5.69 Å². The molecule has 0 spiro atoms. The van der Waals surface area contributed by atoms with Crippen LogP contribution in [0, 0.1) is 20.8 Å². The first-order valence-electron chi connectivity index (χ1n) is 9.04. The van der Waals surface area contributed by atoms with Gasteiger partial charge in [-0.3, -0.25) is 4.79 Å². The van der Waals surface area contributed by atoms with Crippen molar-refractivity contribution >= 4 is 11.6 Å². The van der Waals surface area contributed by atoms with E-state index in [0.29, 0.717) is 11.3 Å². The highest BCUT2D eigenvalue weighted by Gasteiger charge is 2.21. The highest BCUT2D eigenvalue weighted by Crippen LogP contribution is 2.23. The molecule has 1 amide bonds. The number of hydrogen-bond acceptors (Lipinski definition) is 4.